The fourth-order valence-electron chi connectivity index (χ4n) is 2.98. The topological polar surface area (TPSA) is 30.3 Å². The van der Waals surface area contributed by atoms with E-state index in [1.807, 2.05) is 47.4 Å². The van der Waals surface area contributed by atoms with Crippen LogP contribution < -0.4 is 0 Å². The molecule has 0 saturated carbocycles. The molecule has 0 unspecified atom stereocenters. The molecule has 1 saturated heterocycles. The Hall–Kier alpha value is -1.86. The van der Waals surface area contributed by atoms with Crippen LogP contribution in [0.3, 0.4) is 0 Å². The number of piperidine rings is 1. The molecule has 2 aromatic rings. The fraction of sp³-hybridized carbons (Fsp3) is 0.471. The van der Waals surface area contributed by atoms with Crippen molar-refractivity contribution in [3.8, 4) is 0 Å². The Bertz CT molecular complexity index is 634. The summed E-state index contributed by atoms with van der Waals surface area (Å²) in [5, 5.41) is 4.36. The summed E-state index contributed by atoms with van der Waals surface area (Å²) >= 11 is 0. The highest BCUT2D eigenvalue weighted by atomic mass is 19.4. The third-order valence-electron chi connectivity index (χ3n) is 4.12. The van der Waals surface area contributed by atoms with Gasteiger partial charge in [-0.15, -0.1) is 13.2 Å². The zero-order chi connectivity index (χ0) is 17.0. The largest absolute Gasteiger partial charge is 0.522 e. The number of nitrogens with zero attached hydrogens (tertiary/aromatic N) is 3. The lowest BCUT2D eigenvalue weighted by Gasteiger charge is -2.31. The number of alkyl halides is 3. The molecule has 0 N–H and O–H groups in total. The summed E-state index contributed by atoms with van der Waals surface area (Å²) in [7, 11) is 0. The monoisotopic (exact) mass is 339 g/mol. The summed E-state index contributed by atoms with van der Waals surface area (Å²) < 4.78 is 42.6. The maximum atomic E-state index is 12.2. The van der Waals surface area contributed by atoms with E-state index in [-0.39, 0.29) is 0 Å². The summed E-state index contributed by atoms with van der Waals surface area (Å²) in [6.45, 7) is 2.62. The number of hydrogen-bond donors (Lipinski definition) is 0. The van der Waals surface area contributed by atoms with Crippen molar-refractivity contribution < 1.29 is 17.9 Å². The lowest BCUT2D eigenvalue weighted by molar-refractivity contribution is -0.345. The second-order valence-corrected chi connectivity index (χ2v) is 6.07. The summed E-state index contributed by atoms with van der Waals surface area (Å²) in [5.41, 5.74) is 2.25. The number of benzene rings is 1. The van der Waals surface area contributed by atoms with Crippen LogP contribution in [0.4, 0.5) is 13.2 Å². The van der Waals surface area contributed by atoms with E-state index in [2.05, 4.69) is 14.7 Å². The summed E-state index contributed by atoms with van der Waals surface area (Å²) in [5.74, 6) is 0. The quantitative estimate of drug-likeness (QED) is 0.836. The molecule has 3 rings (SSSR count). The first-order chi connectivity index (χ1) is 11.5. The molecule has 1 fully saturated rings. The molecule has 1 aliphatic rings. The van der Waals surface area contributed by atoms with Gasteiger partial charge in [-0.2, -0.15) is 5.10 Å². The smallest absolute Gasteiger partial charge is 0.299 e. The summed E-state index contributed by atoms with van der Waals surface area (Å²) in [6, 6.07) is 10.1. The van der Waals surface area contributed by atoms with Gasteiger partial charge < -0.3 is 0 Å². The van der Waals surface area contributed by atoms with Crippen molar-refractivity contribution in [3.63, 3.8) is 0 Å². The van der Waals surface area contributed by atoms with Crippen molar-refractivity contribution in [1.82, 2.24) is 14.7 Å². The molecule has 0 radical (unpaired) electrons. The summed E-state index contributed by atoms with van der Waals surface area (Å²) in [4.78, 5) is 2.14. The zero-order valence-electron chi connectivity index (χ0n) is 13.2. The van der Waals surface area contributed by atoms with Crippen LogP contribution in [0.5, 0.6) is 0 Å². The Morgan fingerprint density at radius 3 is 2.42 bits per heavy atom. The Balaban J connectivity index is 1.48. The predicted octanol–water partition coefficient (Wildman–Crippen LogP) is 3.43. The molecule has 0 aliphatic carbocycles. The first-order valence-corrected chi connectivity index (χ1v) is 8.00. The minimum atomic E-state index is -4.54. The maximum Gasteiger partial charge on any atom is 0.522 e. The first-order valence-electron chi connectivity index (χ1n) is 8.00. The average Bonchev–Trinajstić information content (AvgIpc) is 2.96. The molecule has 1 aliphatic heterocycles. The molecule has 0 bridgehead atoms. The molecule has 1 aromatic carbocycles. The lowest BCUT2D eigenvalue weighted by atomic mass is 10.1. The summed E-state index contributed by atoms with van der Waals surface area (Å²) in [6.07, 6.45) is -0.644. The van der Waals surface area contributed by atoms with E-state index >= 15 is 0 Å². The maximum absolute atomic E-state index is 12.2. The normalized spacial score (nSPS) is 17.3. The van der Waals surface area contributed by atoms with Gasteiger partial charge in [0.2, 0.25) is 0 Å². The second-order valence-electron chi connectivity index (χ2n) is 6.07. The molecule has 0 spiro atoms. The van der Waals surface area contributed by atoms with Crippen molar-refractivity contribution in [2.24, 2.45) is 0 Å². The van der Waals surface area contributed by atoms with E-state index in [4.69, 9.17) is 0 Å². The van der Waals surface area contributed by atoms with E-state index < -0.39 is 12.5 Å². The number of hydrogen-bond acceptors (Lipinski definition) is 3. The van der Waals surface area contributed by atoms with Gasteiger partial charge in [-0.1, -0.05) is 30.3 Å². The molecule has 0 amide bonds. The van der Waals surface area contributed by atoms with Gasteiger partial charge in [-0.25, -0.2) is 0 Å². The standard InChI is InChI=1S/C17H20F3N3O/c18-17(19,20)24-16-6-8-22(9-7-16)11-15-10-21-23(13-15)12-14-4-2-1-3-5-14/h1-5,10,13,16H,6-9,11-12H2. The van der Waals surface area contributed by atoms with Gasteiger partial charge in [0.15, 0.2) is 0 Å². The number of ether oxygens (including phenoxy) is 1. The zero-order valence-corrected chi connectivity index (χ0v) is 13.2. The van der Waals surface area contributed by atoms with Gasteiger partial charge >= 0.3 is 6.36 Å². The van der Waals surface area contributed by atoms with Crippen molar-refractivity contribution in [2.75, 3.05) is 13.1 Å². The molecule has 4 nitrogen and oxygen atoms in total. The van der Waals surface area contributed by atoms with Crippen LogP contribution >= 0.6 is 0 Å². The minimum absolute atomic E-state index is 0.400. The van der Waals surface area contributed by atoms with Crippen LogP contribution in [0, 0.1) is 0 Å². The molecule has 0 atom stereocenters. The van der Waals surface area contributed by atoms with E-state index in [0.717, 1.165) is 5.56 Å². The lowest BCUT2D eigenvalue weighted by Crippen LogP contribution is -2.38. The van der Waals surface area contributed by atoms with Gasteiger partial charge in [0.05, 0.1) is 18.8 Å². The Morgan fingerprint density at radius 2 is 1.75 bits per heavy atom. The molecule has 130 valence electrons. The SMILES string of the molecule is FC(F)(F)OC1CCN(Cc2cnn(Cc3ccccc3)c2)CC1. The van der Waals surface area contributed by atoms with Crippen molar-refractivity contribution in [3.05, 3.63) is 53.9 Å². The van der Waals surface area contributed by atoms with Crippen LogP contribution in [-0.4, -0.2) is 40.2 Å². The third-order valence-corrected chi connectivity index (χ3v) is 4.12. The predicted molar refractivity (Wildman–Crippen MR) is 83.2 cm³/mol. The van der Waals surface area contributed by atoms with Crippen LogP contribution in [0.2, 0.25) is 0 Å². The third kappa shape index (κ3) is 5.07. The highest BCUT2D eigenvalue weighted by Gasteiger charge is 2.34. The molecule has 7 heteroatoms. The van der Waals surface area contributed by atoms with E-state index in [1.54, 1.807) is 0 Å². The van der Waals surface area contributed by atoms with Gasteiger partial charge in [0.1, 0.15) is 0 Å². The van der Waals surface area contributed by atoms with E-state index in [0.29, 0.717) is 39.0 Å². The molecule has 24 heavy (non-hydrogen) atoms. The van der Waals surface area contributed by atoms with Crippen LogP contribution in [-0.2, 0) is 17.8 Å². The van der Waals surface area contributed by atoms with Crippen LogP contribution in [0.15, 0.2) is 42.7 Å². The Kier molecular flexibility index (Phi) is 5.20. The van der Waals surface area contributed by atoms with E-state index in [9.17, 15) is 13.2 Å². The molecule has 2 heterocycles. The molecular formula is C17H20F3N3O. The van der Waals surface area contributed by atoms with Gasteiger partial charge in [0, 0.05) is 31.4 Å². The molecule has 1 aromatic heterocycles. The van der Waals surface area contributed by atoms with Gasteiger partial charge in [-0.3, -0.25) is 14.3 Å². The minimum Gasteiger partial charge on any atom is -0.299 e. The van der Waals surface area contributed by atoms with Gasteiger partial charge in [-0.05, 0) is 18.4 Å². The van der Waals surface area contributed by atoms with Crippen molar-refractivity contribution >= 4 is 0 Å². The first kappa shape index (κ1) is 17.0. The molecular weight excluding hydrogens is 319 g/mol. The number of halogens is 3. The Morgan fingerprint density at radius 1 is 1.04 bits per heavy atom. The Labute approximate surface area is 138 Å². The van der Waals surface area contributed by atoms with Gasteiger partial charge in [0.25, 0.3) is 0 Å². The van der Waals surface area contributed by atoms with Crippen LogP contribution in [0.25, 0.3) is 0 Å². The van der Waals surface area contributed by atoms with E-state index in [1.165, 1.54) is 5.56 Å². The fourth-order valence-corrected chi connectivity index (χ4v) is 2.98. The highest BCUT2D eigenvalue weighted by molar-refractivity contribution is 5.15. The number of rotatable bonds is 5. The highest BCUT2D eigenvalue weighted by Crippen LogP contribution is 2.24. The van der Waals surface area contributed by atoms with Crippen LogP contribution in [0.1, 0.15) is 24.0 Å². The van der Waals surface area contributed by atoms with Crippen molar-refractivity contribution in [2.45, 2.75) is 38.4 Å². The van der Waals surface area contributed by atoms with Crippen molar-refractivity contribution in [1.29, 1.82) is 0 Å². The number of aromatic nitrogens is 2. The second kappa shape index (κ2) is 7.36. The number of likely N-dealkylation sites (tertiary alicyclic amines) is 1. The average molecular weight is 339 g/mol.